The van der Waals surface area contributed by atoms with Crippen LogP contribution in [0.4, 0.5) is 5.69 Å². The molecule has 6 nitrogen and oxygen atoms in total. The number of halogens is 1. The predicted octanol–water partition coefficient (Wildman–Crippen LogP) is 4.45. The van der Waals surface area contributed by atoms with Gasteiger partial charge in [-0.25, -0.2) is 5.01 Å². The van der Waals surface area contributed by atoms with Gasteiger partial charge in [0, 0.05) is 43.5 Å². The Bertz CT molecular complexity index is 908. The van der Waals surface area contributed by atoms with Crippen LogP contribution in [-0.4, -0.2) is 41.8 Å². The Labute approximate surface area is 179 Å². The molecule has 0 bridgehead atoms. The third-order valence-electron chi connectivity index (χ3n) is 4.92. The number of nitrogens with zero attached hydrogens (tertiary/aromatic N) is 3. The molecule has 0 aromatic heterocycles. The quantitative estimate of drug-likeness (QED) is 0.666. The Balaban J connectivity index is 1.85. The Morgan fingerprint density at radius 2 is 1.76 bits per heavy atom. The van der Waals surface area contributed by atoms with E-state index in [1.807, 2.05) is 67.5 Å². The number of hydrogen-bond acceptors (Lipinski definition) is 4. The van der Waals surface area contributed by atoms with E-state index in [0.29, 0.717) is 12.8 Å². The van der Waals surface area contributed by atoms with Gasteiger partial charge in [-0.1, -0.05) is 40.2 Å². The first-order valence-electron chi connectivity index (χ1n) is 9.49. The summed E-state index contributed by atoms with van der Waals surface area (Å²) < 4.78 is 0.984. The average molecular weight is 458 g/mol. The number of carboxylic acids is 1. The highest BCUT2D eigenvalue weighted by Gasteiger charge is 2.32. The van der Waals surface area contributed by atoms with Gasteiger partial charge in [-0.3, -0.25) is 9.59 Å². The SMILES string of the molecule is CN(C)c1ccc([C@H]2CC(c3ccc(Br)cc3)=NN2C(=O)CCCC(=O)O)cc1. The number of benzene rings is 2. The van der Waals surface area contributed by atoms with Crippen LogP contribution in [0, 0.1) is 0 Å². The van der Waals surface area contributed by atoms with E-state index >= 15 is 0 Å². The molecule has 1 atom stereocenters. The molecule has 1 aliphatic rings. The van der Waals surface area contributed by atoms with Crippen molar-refractivity contribution >= 4 is 39.2 Å². The number of carbonyl (C=O) groups excluding carboxylic acids is 1. The lowest BCUT2D eigenvalue weighted by atomic mass is 9.98. The molecule has 152 valence electrons. The standard InChI is InChI=1S/C22H24BrN3O3/c1-25(2)18-12-8-16(9-13-18)20-14-19(15-6-10-17(23)11-7-15)24-26(20)21(27)4-3-5-22(28)29/h6-13,20H,3-5,14H2,1-2H3,(H,28,29)/t20-/m1/s1. The first-order valence-corrected chi connectivity index (χ1v) is 10.3. The maximum Gasteiger partial charge on any atom is 0.303 e. The van der Waals surface area contributed by atoms with Crippen LogP contribution in [0.1, 0.15) is 42.9 Å². The van der Waals surface area contributed by atoms with Gasteiger partial charge in [0.2, 0.25) is 5.91 Å². The molecule has 0 radical (unpaired) electrons. The summed E-state index contributed by atoms with van der Waals surface area (Å²) in [6.45, 7) is 0. The molecule has 1 amide bonds. The summed E-state index contributed by atoms with van der Waals surface area (Å²) in [5.74, 6) is -1.05. The summed E-state index contributed by atoms with van der Waals surface area (Å²) in [5, 5.41) is 15.0. The second kappa shape index (κ2) is 9.22. The van der Waals surface area contributed by atoms with E-state index in [-0.39, 0.29) is 24.8 Å². The van der Waals surface area contributed by atoms with Crippen LogP contribution in [0.15, 0.2) is 58.1 Å². The monoisotopic (exact) mass is 457 g/mol. The number of amides is 1. The molecular weight excluding hydrogens is 434 g/mol. The lowest BCUT2D eigenvalue weighted by Gasteiger charge is -2.23. The molecule has 1 N–H and O–H groups in total. The Hall–Kier alpha value is -2.67. The minimum atomic E-state index is -0.894. The van der Waals surface area contributed by atoms with Gasteiger partial charge < -0.3 is 10.0 Å². The van der Waals surface area contributed by atoms with E-state index in [1.165, 1.54) is 5.01 Å². The zero-order valence-electron chi connectivity index (χ0n) is 16.5. The number of hydrogen-bond donors (Lipinski definition) is 1. The molecule has 0 saturated heterocycles. The summed E-state index contributed by atoms with van der Waals surface area (Å²) in [6.07, 6.45) is 1.06. The van der Waals surface area contributed by atoms with Crippen LogP contribution in [0.5, 0.6) is 0 Å². The highest BCUT2D eigenvalue weighted by Crippen LogP contribution is 2.34. The molecule has 2 aromatic carbocycles. The molecule has 1 aliphatic heterocycles. The number of carboxylic acid groups (broad SMARTS) is 1. The van der Waals surface area contributed by atoms with Crippen LogP contribution >= 0.6 is 15.9 Å². The maximum atomic E-state index is 12.8. The summed E-state index contributed by atoms with van der Waals surface area (Å²) >= 11 is 3.44. The van der Waals surface area contributed by atoms with Gasteiger partial charge in [0.25, 0.3) is 0 Å². The normalized spacial score (nSPS) is 15.9. The van der Waals surface area contributed by atoms with Gasteiger partial charge in [-0.15, -0.1) is 0 Å². The molecule has 1 heterocycles. The molecule has 2 aromatic rings. The first kappa shape index (κ1) is 21.0. The van der Waals surface area contributed by atoms with Gasteiger partial charge >= 0.3 is 5.97 Å². The lowest BCUT2D eigenvalue weighted by Crippen LogP contribution is -2.27. The van der Waals surface area contributed by atoms with Crippen molar-refractivity contribution in [1.82, 2.24) is 5.01 Å². The fourth-order valence-corrected chi connectivity index (χ4v) is 3.58. The number of rotatable bonds is 7. The van der Waals surface area contributed by atoms with Crippen LogP contribution < -0.4 is 4.90 Å². The third-order valence-corrected chi connectivity index (χ3v) is 5.45. The fraction of sp³-hybridized carbons (Fsp3) is 0.318. The second-order valence-corrected chi connectivity index (χ2v) is 8.16. The van der Waals surface area contributed by atoms with Crippen molar-refractivity contribution in [2.75, 3.05) is 19.0 Å². The summed E-state index contributed by atoms with van der Waals surface area (Å²) in [6, 6.07) is 15.8. The van der Waals surface area contributed by atoms with Crippen LogP contribution in [0.3, 0.4) is 0 Å². The molecule has 0 unspecified atom stereocenters. The zero-order valence-corrected chi connectivity index (χ0v) is 18.1. The second-order valence-electron chi connectivity index (χ2n) is 7.25. The van der Waals surface area contributed by atoms with E-state index in [0.717, 1.165) is 27.0 Å². The average Bonchev–Trinajstić information content (AvgIpc) is 3.14. The van der Waals surface area contributed by atoms with E-state index in [4.69, 9.17) is 5.11 Å². The Morgan fingerprint density at radius 1 is 1.10 bits per heavy atom. The van der Waals surface area contributed by atoms with Crippen molar-refractivity contribution in [1.29, 1.82) is 0 Å². The highest BCUT2D eigenvalue weighted by atomic mass is 79.9. The van der Waals surface area contributed by atoms with Crippen molar-refractivity contribution < 1.29 is 14.7 Å². The van der Waals surface area contributed by atoms with Crippen LogP contribution in [0.2, 0.25) is 0 Å². The third kappa shape index (κ3) is 5.23. The first-order chi connectivity index (χ1) is 13.8. The van der Waals surface area contributed by atoms with E-state index in [2.05, 4.69) is 21.0 Å². The van der Waals surface area contributed by atoms with Crippen molar-refractivity contribution in [3.05, 3.63) is 64.1 Å². The van der Waals surface area contributed by atoms with E-state index in [9.17, 15) is 9.59 Å². The molecule has 3 rings (SSSR count). The predicted molar refractivity (Wildman–Crippen MR) is 117 cm³/mol. The van der Waals surface area contributed by atoms with Gasteiger partial charge in [0.05, 0.1) is 11.8 Å². The summed E-state index contributed by atoms with van der Waals surface area (Å²) in [5.41, 5.74) is 3.92. The van der Waals surface area contributed by atoms with Crippen molar-refractivity contribution in [2.24, 2.45) is 5.10 Å². The molecule has 0 saturated carbocycles. The Kier molecular flexibility index (Phi) is 6.69. The molecule has 0 aliphatic carbocycles. The number of hydrazone groups is 1. The fourth-order valence-electron chi connectivity index (χ4n) is 3.32. The molecule has 7 heteroatoms. The summed E-state index contributed by atoms with van der Waals surface area (Å²) in [7, 11) is 3.97. The van der Waals surface area contributed by atoms with Crippen molar-refractivity contribution in [2.45, 2.75) is 31.7 Å². The zero-order chi connectivity index (χ0) is 21.0. The van der Waals surface area contributed by atoms with Gasteiger partial charge in [0.1, 0.15) is 0 Å². The molecule has 29 heavy (non-hydrogen) atoms. The maximum absolute atomic E-state index is 12.8. The van der Waals surface area contributed by atoms with Gasteiger partial charge in [-0.05, 0) is 41.8 Å². The number of anilines is 1. The van der Waals surface area contributed by atoms with Crippen LogP contribution in [0.25, 0.3) is 0 Å². The molecule has 0 spiro atoms. The van der Waals surface area contributed by atoms with Crippen molar-refractivity contribution in [3.63, 3.8) is 0 Å². The lowest BCUT2D eigenvalue weighted by molar-refractivity contribution is -0.137. The largest absolute Gasteiger partial charge is 0.481 e. The number of aliphatic carboxylic acids is 1. The van der Waals surface area contributed by atoms with Gasteiger partial charge in [0.15, 0.2) is 0 Å². The number of carbonyl (C=O) groups is 2. The van der Waals surface area contributed by atoms with E-state index in [1.54, 1.807) is 0 Å². The van der Waals surface area contributed by atoms with Crippen LogP contribution in [-0.2, 0) is 9.59 Å². The minimum Gasteiger partial charge on any atom is -0.481 e. The molecule has 0 fully saturated rings. The molecular formula is C22H24BrN3O3. The van der Waals surface area contributed by atoms with Gasteiger partial charge in [-0.2, -0.15) is 5.10 Å². The minimum absolute atomic E-state index is 0.0228. The summed E-state index contributed by atoms with van der Waals surface area (Å²) in [4.78, 5) is 25.6. The van der Waals surface area contributed by atoms with Crippen molar-refractivity contribution in [3.8, 4) is 0 Å². The smallest absolute Gasteiger partial charge is 0.303 e. The highest BCUT2D eigenvalue weighted by molar-refractivity contribution is 9.10. The van der Waals surface area contributed by atoms with E-state index < -0.39 is 5.97 Å². The Morgan fingerprint density at radius 3 is 2.34 bits per heavy atom. The topological polar surface area (TPSA) is 73.2 Å².